The van der Waals surface area contributed by atoms with Crippen molar-refractivity contribution in [2.75, 3.05) is 7.11 Å². The van der Waals surface area contributed by atoms with Gasteiger partial charge in [0.25, 0.3) is 0 Å². The molecule has 2 aromatic heterocycles. The number of carbonyl (C=O) groups is 2. The van der Waals surface area contributed by atoms with Gasteiger partial charge in [0.1, 0.15) is 17.7 Å². The molecule has 2 saturated heterocycles. The van der Waals surface area contributed by atoms with E-state index in [1.165, 1.54) is 41.9 Å². The number of imidazole rings is 2. The lowest BCUT2D eigenvalue weighted by molar-refractivity contribution is -0.136. The summed E-state index contributed by atoms with van der Waals surface area (Å²) in [4.78, 5) is 44.8. The minimum atomic E-state index is -0.641. The molecule has 2 amide bonds. The first-order valence-electron chi connectivity index (χ1n) is 17.2. The van der Waals surface area contributed by atoms with Crippen molar-refractivity contribution in [1.82, 2.24) is 35.5 Å². The molecule has 3 aromatic carbocycles. The van der Waals surface area contributed by atoms with Crippen LogP contribution in [0.1, 0.15) is 74.4 Å². The van der Waals surface area contributed by atoms with Gasteiger partial charge in [0.05, 0.1) is 41.3 Å². The molecule has 2 saturated carbocycles. The van der Waals surface area contributed by atoms with Gasteiger partial charge in [-0.25, -0.2) is 14.8 Å². The molecule has 2 aliphatic heterocycles. The molecule has 4 N–H and O–H groups in total. The second kappa shape index (κ2) is 10.8. The standard InChI is InChI=1S/C37H41N7O3/c1-18(2)32(43-37(46)47-3)36(45)44-30-16-23(30)17-31(44)35-39-25-10-7-20(13-28(25)41-35)5-4-19-6-9-24-21(12-19)8-11-26-33(24)42-34(40-26)29-15-22-14-27(22)38-29/h6-13,18,22-23,27,29-32,38H,4-5,14-17H2,1-3H3,(H,39,41)(H,40,42)(H,43,46)/t22-,23-,27-,29+,30-,31+,32+/m1/s1. The molecule has 0 spiro atoms. The summed E-state index contributed by atoms with van der Waals surface area (Å²) in [5.74, 6) is 3.09. The number of piperidine rings is 2. The van der Waals surface area contributed by atoms with Gasteiger partial charge in [-0.3, -0.25) is 4.79 Å². The fraction of sp³-hybridized carbons (Fsp3) is 0.459. The number of aromatic nitrogens is 4. The maximum Gasteiger partial charge on any atom is 0.407 e. The van der Waals surface area contributed by atoms with Crippen LogP contribution < -0.4 is 10.6 Å². The van der Waals surface area contributed by atoms with Crippen LogP contribution >= 0.6 is 0 Å². The summed E-state index contributed by atoms with van der Waals surface area (Å²) >= 11 is 0. The first-order valence-corrected chi connectivity index (χ1v) is 17.2. The number of aryl methyl sites for hydroxylation is 2. The first kappa shape index (κ1) is 28.8. The van der Waals surface area contributed by atoms with E-state index in [-0.39, 0.29) is 23.9 Å². The van der Waals surface area contributed by atoms with Gasteiger partial charge >= 0.3 is 6.09 Å². The Morgan fingerprint density at radius 3 is 2.49 bits per heavy atom. The number of alkyl carbamates (subject to hydrolysis) is 1. The zero-order valence-electron chi connectivity index (χ0n) is 27.0. The highest BCUT2D eigenvalue weighted by Crippen LogP contribution is 2.53. The average molecular weight is 632 g/mol. The van der Waals surface area contributed by atoms with Crippen LogP contribution in [-0.4, -0.2) is 62.1 Å². The number of H-pyrrole nitrogens is 2. The summed E-state index contributed by atoms with van der Waals surface area (Å²) < 4.78 is 4.80. The van der Waals surface area contributed by atoms with E-state index in [0.29, 0.717) is 18.0 Å². The summed E-state index contributed by atoms with van der Waals surface area (Å²) in [5.41, 5.74) is 6.61. The zero-order valence-corrected chi connectivity index (χ0v) is 27.0. The Bertz CT molecular complexity index is 2040. The SMILES string of the molecule is COC(=O)N[C@H](C(=O)N1[C@@H]2C[C@@H]2C[C@H]1c1nc2ccc(CCc3ccc4c(ccc5nc([C@@H]6C[C@H]7C[C@H]7N6)[nH]c54)c3)cc2[nH]1)C(C)C. The number of carbonyl (C=O) groups excluding carboxylic acids is 2. The van der Waals surface area contributed by atoms with Crippen LogP contribution in [0.15, 0.2) is 48.5 Å². The van der Waals surface area contributed by atoms with Crippen LogP contribution in [0, 0.1) is 17.8 Å². The number of amides is 2. The molecule has 0 bridgehead atoms. The fourth-order valence-electron chi connectivity index (χ4n) is 8.29. The molecule has 9 rings (SSSR count). The zero-order chi connectivity index (χ0) is 32.0. The number of fused-ring (bicyclic) bond motifs is 6. The number of aromatic amines is 2. The van der Waals surface area contributed by atoms with Crippen LogP contribution in [0.25, 0.3) is 32.8 Å². The summed E-state index contributed by atoms with van der Waals surface area (Å²) in [7, 11) is 1.32. The predicted octanol–water partition coefficient (Wildman–Crippen LogP) is 5.84. The largest absolute Gasteiger partial charge is 0.453 e. The first-order chi connectivity index (χ1) is 22.8. The van der Waals surface area contributed by atoms with Crippen LogP contribution in [0.5, 0.6) is 0 Å². The van der Waals surface area contributed by atoms with Crippen molar-refractivity contribution in [2.45, 2.75) is 82.6 Å². The maximum absolute atomic E-state index is 13.8. The maximum atomic E-state index is 13.8. The molecule has 0 radical (unpaired) electrons. The highest BCUT2D eigenvalue weighted by atomic mass is 16.5. The number of hydrogen-bond donors (Lipinski definition) is 4. The number of ether oxygens (including phenoxy) is 1. The van der Waals surface area contributed by atoms with E-state index in [1.54, 1.807) is 0 Å². The van der Waals surface area contributed by atoms with E-state index in [4.69, 9.17) is 14.7 Å². The summed E-state index contributed by atoms with van der Waals surface area (Å²) in [6.45, 7) is 3.89. The molecule has 7 atom stereocenters. The monoisotopic (exact) mass is 631 g/mol. The van der Waals surface area contributed by atoms with Crippen LogP contribution in [0.4, 0.5) is 4.79 Å². The highest BCUT2D eigenvalue weighted by Gasteiger charge is 2.56. The third kappa shape index (κ3) is 5.04. The lowest BCUT2D eigenvalue weighted by atomic mass is 10.0. The molecule has 4 aliphatic rings. The molecular formula is C37H41N7O3. The van der Waals surface area contributed by atoms with E-state index in [0.717, 1.165) is 65.3 Å². The second-order valence-corrected chi connectivity index (χ2v) is 14.6. The molecular weight excluding hydrogens is 590 g/mol. The molecule has 4 fully saturated rings. The van der Waals surface area contributed by atoms with Crippen LogP contribution in [0.2, 0.25) is 0 Å². The second-order valence-electron chi connectivity index (χ2n) is 14.6. The van der Waals surface area contributed by atoms with Gasteiger partial charge < -0.3 is 30.2 Å². The van der Waals surface area contributed by atoms with Crippen molar-refractivity contribution in [1.29, 1.82) is 0 Å². The molecule has 10 heteroatoms. The van der Waals surface area contributed by atoms with Gasteiger partial charge in [0, 0.05) is 17.5 Å². The smallest absolute Gasteiger partial charge is 0.407 e. The van der Waals surface area contributed by atoms with Gasteiger partial charge in [-0.1, -0.05) is 44.2 Å². The Balaban J connectivity index is 0.908. The Labute approximate surface area is 273 Å². The Morgan fingerprint density at radius 2 is 1.70 bits per heavy atom. The summed E-state index contributed by atoms with van der Waals surface area (Å²) in [5, 5.41) is 8.92. The van der Waals surface area contributed by atoms with Gasteiger partial charge in [0.15, 0.2) is 0 Å². The van der Waals surface area contributed by atoms with Gasteiger partial charge in [-0.15, -0.1) is 0 Å². The number of nitrogens with one attached hydrogen (secondary N) is 4. The number of nitrogens with zero attached hydrogens (tertiary/aromatic N) is 3. The van der Waals surface area contributed by atoms with E-state index < -0.39 is 12.1 Å². The van der Waals surface area contributed by atoms with Crippen LogP contribution in [0.3, 0.4) is 0 Å². The van der Waals surface area contributed by atoms with E-state index in [1.807, 2.05) is 18.7 Å². The number of benzene rings is 3. The van der Waals surface area contributed by atoms with Crippen LogP contribution in [-0.2, 0) is 22.4 Å². The third-order valence-corrected chi connectivity index (χ3v) is 11.1. The highest BCUT2D eigenvalue weighted by molar-refractivity contribution is 6.04. The molecule has 242 valence electrons. The topological polar surface area (TPSA) is 128 Å². The minimum Gasteiger partial charge on any atom is -0.453 e. The van der Waals surface area contributed by atoms with Gasteiger partial charge in [-0.2, -0.15) is 0 Å². The van der Waals surface area contributed by atoms with Crippen molar-refractivity contribution in [3.05, 3.63) is 71.3 Å². The third-order valence-electron chi connectivity index (χ3n) is 11.1. The molecule has 4 heterocycles. The molecule has 0 unspecified atom stereocenters. The predicted molar refractivity (Wildman–Crippen MR) is 180 cm³/mol. The van der Waals surface area contributed by atoms with Crippen molar-refractivity contribution in [3.63, 3.8) is 0 Å². The van der Waals surface area contributed by atoms with Crippen molar-refractivity contribution >= 4 is 44.8 Å². The van der Waals surface area contributed by atoms with Crippen molar-refractivity contribution < 1.29 is 14.3 Å². The molecule has 2 aliphatic carbocycles. The van der Waals surface area contributed by atoms with Crippen molar-refractivity contribution in [3.8, 4) is 0 Å². The summed E-state index contributed by atoms with van der Waals surface area (Å²) in [6.07, 6.45) is 5.66. The van der Waals surface area contributed by atoms with Gasteiger partial charge in [0.2, 0.25) is 5.91 Å². The minimum absolute atomic E-state index is 0.0623. The summed E-state index contributed by atoms with van der Waals surface area (Å²) in [6, 6.07) is 18.1. The lowest BCUT2D eigenvalue weighted by Gasteiger charge is -2.31. The average Bonchev–Trinajstić information content (AvgIpc) is 3.69. The Morgan fingerprint density at radius 1 is 0.915 bits per heavy atom. The Kier molecular flexibility index (Phi) is 6.61. The molecule has 5 aromatic rings. The normalized spacial score (nSPS) is 26.6. The number of likely N-dealkylation sites (tertiary alicyclic amines) is 1. The molecule has 47 heavy (non-hydrogen) atoms. The Hall–Kier alpha value is -4.44. The number of hydrogen-bond acceptors (Lipinski definition) is 6. The quantitative estimate of drug-likeness (QED) is 0.170. The fourth-order valence-corrected chi connectivity index (χ4v) is 8.29. The van der Waals surface area contributed by atoms with E-state index in [9.17, 15) is 9.59 Å². The van der Waals surface area contributed by atoms with E-state index >= 15 is 0 Å². The molecule has 10 nitrogen and oxygen atoms in total. The van der Waals surface area contributed by atoms with E-state index in [2.05, 4.69) is 69.1 Å². The van der Waals surface area contributed by atoms with Crippen molar-refractivity contribution in [2.24, 2.45) is 17.8 Å². The lowest BCUT2D eigenvalue weighted by Crippen LogP contribution is -2.52. The van der Waals surface area contributed by atoms with Gasteiger partial charge in [-0.05, 0) is 91.0 Å². The number of rotatable bonds is 8. The number of methoxy groups -OCH3 is 1.